The molecule has 0 aromatic heterocycles. The van der Waals surface area contributed by atoms with E-state index in [0.29, 0.717) is 16.8 Å². The Morgan fingerprint density at radius 3 is 2.67 bits per heavy atom. The first-order valence-electron chi connectivity index (χ1n) is 6.45. The Balaban J connectivity index is 2.17. The molecule has 1 aliphatic rings. The molecule has 2 rings (SSSR count). The van der Waals surface area contributed by atoms with Gasteiger partial charge in [0.25, 0.3) is 0 Å². The Morgan fingerprint density at radius 1 is 1.33 bits per heavy atom. The molecule has 0 spiro atoms. The van der Waals surface area contributed by atoms with Crippen molar-refractivity contribution in [3.05, 3.63) is 23.2 Å². The van der Waals surface area contributed by atoms with Gasteiger partial charge in [-0.2, -0.15) is 0 Å². The van der Waals surface area contributed by atoms with E-state index in [1.165, 1.54) is 12.8 Å². The van der Waals surface area contributed by atoms with Crippen LogP contribution in [0.5, 0.6) is 5.75 Å². The first-order valence-corrected chi connectivity index (χ1v) is 6.83. The summed E-state index contributed by atoms with van der Waals surface area (Å²) in [6.07, 6.45) is 4.77. The molecule has 1 aliphatic carbocycles. The zero-order chi connectivity index (χ0) is 13.1. The molecule has 18 heavy (non-hydrogen) atoms. The predicted molar refractivity (Wildman–Crippen MR) is 76.6 cm³/mol. The molecular formula is C14H21ClN2O. The van der Waals surface area contributed by atoms with Crippen molar-refractivity contribution in [3.8, 4) is 5.75 Å². The van der Waals surface area contributed by atoms with Gasteiger partial charge in [-0.15, -0.1) is 0 Å². The number of benzene rings is 1. The Bertz CT molecular complexity index is 411. The van der Waals surface area contributed by atoms with Crippen LogP contribution >= 0.6 is 11.6 Å². The predicted octanol–water partition coefficient (Wildman–Crippen LogP) is 3.05. The third kappa shape index (κ3) is 2.73. The molecule has 100 valence electrons. The van der Waals surface area contributed by atoms with E-state index in [0.717, 1.165) is 18.5 Å². The molecule has 2 unspecified atom stereocenters. The van der Waals surface area contributed by atoms with Crippen molar-refractivity contribution >= 4 is 17.3 Å². The van der Waals surface area contributed by atoms with Crippen LogP contribution in [0, 0.1) is 0 Å². The SMILES string of the molecule is COc1ccc(N(C)C2CCCCC2N)cc1Cl. The Kier molecular flexibility index (Phi) is 4.36. The van der Waals surface area contributed by atoms with Gasteiger partial charge in [0.05, 0.1) is 12.1 Å². The summed E-state index contributed by atoms with van der Waals surface area (Å²) >= 11 is 6.17. The minimum atomic E-state index is 0.254. The van der Waals surface area contributed by atoms with Gasteiger partial charge in [0.15, 0.2) is 0 Å². The topological polar surface area (TPSA) is 38.5 Å². The van der Waals surface area contributed by atoms with Crippen molar-refractivity contribution < 1.29 is 4.74 Å². The van der Waals surface area contributed by atoms with E-state index >= 15 is 0 Å². The molecular weight excluding hydrogens is 248 g/mol. The molecule has 2 N–H and O–H groups in total. The van der Waals surface area contributed by atoms with E-state index in [1.807, 2.05) is 18.2 Å². The van der Waals surface area contributed by atoms with Crippen molar-refractivity contribution in [2.75, 3.05) is 19.1 Å². The fraction of sp³-hybridized carbons (Fsp3) is 0.571. The molecule has 0 saturated heterocycles. The Labute approximate surface area is 114 Å². The van der Waals surface area contributed by atoms with Crippen LogP contribution in [0.2, 0.25) is 5.02 Å². The number of halogens is 1. The number of hydrogen-bond acceptors (Lipinski definition) is 3. The lowest BCUT2D eigenvalue weighted by Gasteiger charge is -2.37. The van der Waals surface area contributed by atoms with E-state index in [2.05, 4.69) is 11.9 Å². The van der Waals surface area contributed by atoms with E-state index in [-0.39, 0.29) is 6.04 Å². The first kappa shape index (κ1) is 13.5. The highest BCUT2D eigenvalue weighted by atomic mass is 35.5. The lowest BCUT2D eigenvalue weighted by molar-refractivity contribution is 0.373. The summed E-state index contributed by atoms with van der Waals surface area (Å²) in [5, 5.41) is 0.645. The number of likely N-dealkylation sites (N-methyl/N-ethyl adjacent to an activating group) is 1. The largest absolute Gasteiger partial charge is 0.495 e. The van der Waals surface area contributed by atoms with Gasteiger partial charge in [-0.3, -0.25) is 0 Å². The highest BCUT2D eigenvalue weighted by molar-refractivity contribution is 6.32. The second kappa shape index (κ2) is 5.81. The number of anilines is 1. The van der Waals surface area contributed by atoms with Gasteiger partial charge in [-0.25, -0.2) is 0 Å². The highest BCUT2D eigenvalue weighted by Gasteiger charge is 2.25. The van der Waals surface area contributed by atoms with E-state index < -0.39 is 0 Å². The summed E-state index contributed by atoms with van der Waals surface area (Å²) < 4.78 is 5.17. The normalized spacial score (nSPS) is 23.8. The van der Waals surface area contributed by atoms with Crippen LogP contribution in [0.1, 0.15) is 25.7 Å². The molecule has 2 atom stereocenters. The molecule has 0 amide bonds. The number of nitrogens with two attached hydrogens (primary N) is 1. The Morgan fingerprint density at radius 2 is 2.06 bits per heavy atom. The van der Waals surface area contributed by atoms with Crippen molar-refractivity contribution in [1.82, 2.24) is 0 Å². The van der Waals surface area contributed by atoms with Crippen LogP contribution in [0.25, 0.3) is 0 Å². The average molecular weight is 269 g/mol. The molecule has 0 bridgehead atoms. The van der Waals surface area contributed by atoms with Gasteiger partial charge < -0.3 is 15.4 Å². The number of ether oxygens (including phenoxy) is 1. The first-order chi connectivity index (χ1) is 8.63. The number of methoxy groups -OCH3 is 1. The third-order valence-corrected chi connectivity index (χ3v) is 4.12. The van der Waals surface area contributed by atoms with Crippen molar-refractivity contribution in [2.45, 2.75) is 37.8 Å². The zero-order valence-corrected chi connectivity index (χ0v) is 11.8. The monoisotopic (exact) mass is 268 g/mol. The maximum absolute atomic E-state index is 6.21. The Hall–Kier alpha value is -0.930. The van der Waals surface area contributed by atoms with Crippen molar-refractivity contribution in [2.24, 2.45) is 5.73 Å². The summed E-state index contributed by atoms with van der Waals surface area (Å²) in [5.41, 5.74) is 7.31. The summed E-state index contributed by atoms with van der Waals surface area (Å²) in [6, 6.07) is 6.55. The molecule has 0 aliphatic heterocycles. The number of hydrogen-bond donors (Lipinski definition) is 1. The maximum atomic E-state index is 6.21. The average Bonchev–Trinajstić information content (AvgIpc) is 2.38. The maximum Gasteiger partial charge on any atom is 0.137 e. The van der Waals surface area contributed by atoms with Gasteiger partial charge in [-0.05, 0) is 31.0 Å². The molecule has 0 heterocycles. The number of nitrogens with zero attached hydrogens (tertiary/aromatic N) is 1. The molecule has 0 radical (unpaired) electrons. The minimum Gasteiger partial charge on any atom is -0.495 e. The van der Waals surface area contributed by atoms with Crippen LogP contribution in [-0.2, 0) is 0 Å². The van der Waals surface area contributed by atoms with Crippen LogP contribution in [0.3, 0.4) is 0 Å². The standard InChI is InChI=1S/C14H21ClN2O/c1-17(13-6-4-3-5-12(13)16)10-7-8-14(18-2)11(15)9-10/h7-9,12-13H,3-6,16H2,1-2H3. The summed E-state index contributed by atoms with van der Waals surface area (Å²) in [7, 11) is 3.72. The zero-order valence-electron chi connectivity index (χ0n) is 11.0. The summed E-state index contributed by atoms with van der Waals surface area (Å²) in [5.74, 6) is 0.710. The lowest BCUT2D eigenvalue weighted by atomic mass is 9.90. The smallest absolute Gasteiger partial charge is 0.137 e. The van der Waals surface area contributed by atoms with Gasteiger partial charge in [-0.1, -0.05) is 24.4 Å². The van der Waals surface area contributed by atoms with E-state index in [1.54, 1.807) is 7.11 Å². The number of rotatable bonds is 3. The molecule has 1 saturated carbocycles. The second-order valence-electron chi connectivity index (χ2n) is 4.95. The molecule has 4 heteroatoms. The third-order valence-electron chi connectivity index (χ3n) is 3.82. The van der Waals surface area contributed by atoms with Crippen LogP contribution in [0.15, 0.2) is 18.2 Å². The molecule has 1 fully saturated rings. The van der Waals surface area contributed by atoms with Gasteiger partial charge in [0, 0.05) is 24.8 Å². The fourth-order valence-corrected chi connectivity index (χ4v) is 2.94. The van der Waals surface area contributed by atoms with E-state index in [9.17, 15) is 0 Å². The minimum absolute atomic E-state index is 0.254. The van der Waals surface area contributed by atoms with Gasteiger partial charge >= 0.3 is 0 Å². The van der Waals surface area contributed by atoms with Gasteiger partial charge in [0.1, 0.15) is 5.75 Å². The van der Waals surface area contributed by atoms with Crippen molar-refractivity contribution in [3.63, 3.8) is 0 Å². The van der Waals surface area contributed by atoms with Crippen LogP contribution in [-0.4, -0.2) is 26.2 Å². The van der Waals surface area contributed by atoms with Crippen LogP contribution in [0.4, 0.5) is 5.69 Å². The summed E-state index contributed by atoms with van der Waals surface area (Å²) in [4.78, 5) is 2.25. The lowest BCUT2D eigenvalue weighted by Crippen LogP contribution is -2.48. The molecule has 1 aromatic rings. The molecule has 1 aromatic carbocycles. The van der Waals surface area contributed by atoms with E-state index in [4.69, 9.17) is 22.1 Å². The summed E-state index contributed by atoms with van der Waals surface area (Å²) in [6.45, 7) is 0. The van der Waals surface area contributed by atoms with Crippen molar-refractivity contribution in [1.29, 1.82) is 0 Å². The van der Waals surface area contributed by atoms with Crippen LogP contribution < -0.4 is 15.4 Å². The molecule has 3 nitrogen and oxygen atoms in total. The second-order valence-corrected chi connectivity index (χ2v) is 5.35. The quantitative estimate of drug-likeness (QED) is 0.916. The highest BCUT2D eigenvalue weighted by Crippen LogP contribution is 2.31. The fourth-order valence-electron chi connectivity index (χ4n) is 2.69. The van der Waals surface area contributed by atoms with Gasteiger partial charge in [0.2, 0.25) is 0 Å².